The topological polar surface area (TPSA) is 95.6 Å². The van der Waals surface area contributed by atoms with Crippen LogP contribution in [0.15, 0.2) is 71.6 Å². The first-order chi connectivity index (χ1) is 15.9. The quantitative estimate of drug-likeness (QED) is 0.595. The summed E-state index contributed by atoms with van der Waals surface area (Å²) in [4.78, 5) is 26.6. The van der Waals surface area contributed by atoms with Crippen molar-refractivity contribution < 1.29 is 18.0 Å². The molecule has 3 aromatic carbocycles. The fourth-order valence-electron chi connectivity index (χ4n) is 4.36. The molecule has 1 unspecified atom stereocenters. The van der Waals surface area contributed by atoms with Crippen molar-refractivity contribution in [2.75, 3.05) is 18.0 Å². The number of hydrogen-bond acceptors (Lipinski definition) is 4. The standard InChI is InChI=1S/C24H20ClN3O4S/c25-17-8-6-16(7-9-17)23(29)28-13-12-18-19(28)10-11-20(22(18)15-4-2-1-3-5-15)33(31,32)21-14-26-24(30)27-21/h1-11,21H,12-14H2,(H2,26,27,30). The smallest absolute Gasteiger partial charge is 0.315 e. The molecule has 2 aliphatic rings. The van der Waals surface area contributed by atoms with Gasteiger partial charge in [-0.2, -0.15) is 0 Å². The Labute approximate surface area is 196 Å². The van der Waals surface area contributed by atoms with E-state index in [2.05, 4.69) is 10.6 Å². The minimum absolute atomic E-state index is 0.00629. The van der Waals surface area contributed by atoms with Crippen LogP contribution in [0.1, 0.15) is 15.9 Å². The number of anilines is 1. The molecule has 5 rings (SSSR count). The Kier molecular flexibility index (Phi) is 5.34. The molecule has 0 bridgehead atoms. The van der Waals surface area contributed by atoms with E-state index in [0.717, 1.165) is 11.1 Å². The molecule has 1 saturated heterocycles. The Balaban J connectivity index is 1.63. The Bertz CT molecular complexity index is 1360. The molecule has 3 amide bonds. The molecule has 2 N–H and O–H groups in total. The number of rotatable bonds is 4. The second kappa shape index (κ2) is 8.20. The SMILES string of the molecule is O=C1NCC(S(=O)(=O)c2ccc3c(c2-c2ccccc2)CCN3C(=O)c2ccc(Cl)cc2)N1. The van der Waals surface area contributed by atoms with E-state index in [1.807, 2.05) is 30.3 Å². The number of halogens is 1. The van der Waals surface area contributed by atoms with E-state index in [4.69, 9.17) is 11.6 Å². The van der Waals surface area contributed by atoms with Gasteiger partial charge in [-0.15, -0.1) is 0 Å². The molecule has 168 valence electrons. The van der Waals surface area contributed by atoms with Crippen LogP contribution >= 0.6 is 11.6 Å². The van der Waals surface area contributed by atoms with Crippen LogP contribution in [0, 0.1) is 0 Å². The Hall–Kier alpha value is -3.36. The molecule has 1 fully saturated rings. The van der Waals surface area contributed by atoms with Gasteiger partial charge in [-0.25, -0.2) is 13.2 Å². The van der Waals surface area contributed by atoms with E-state index in [0.29, 0.717) is 34.8 Å². The second-order valence-electron chi connectivity index (χ2n) is 7.90. The fraction of sp³-hybridized carbons (Fsp3) is 0.167. The van der Waals surface area contributed by atoms with E-state index in [1.165, 1.54) is 6.07 Å². The maximum atomic E-state index is 13.5. The number of fused-ring (bicyclic) bond motifs is 1. The zero-order valence-corrected chi connectivity index (χ0v) is 19.0. The molecule has 0 spiro atoms. The first-order valence-electron chi connectivity index (χ1n) is 10.4. The molecule has 0 aromatic heterocycles. The minimum atomic E-state index is -3.88. The first kappa shape index (κ1) is 21.5. The maximum Gasteiger partial charge on any atom is 0.315 e. The summed E-state index contributed by atoms with van der Waals surface area (Å²) in [6.07, 6.45) is 0.511. The van der Waals surface area contributed by atoms with Gasteiger partial charge in [0.15, 0.2) is 5.37 Å². The summed E-state index contributed by atoms with van der Waals surface area (Å²) in [6, 6.07) is 18.6. The molecule has 2 aliphatic heterocycles. The van der Waals surface area contributed by atoms with Gasteiger partial charge in [0, 0.05) is 28.4 Å². The van der Waals surface area contributed by atoms with Crippen molar-refractivity contribution in [3.05, 3.63) is 82.9 Å². The van der Waals surface area contributed by atoms with Crippen molar-refractivity contribution in [2.45, 2.75) is 16.7 Å². The summed E-state index contributed by atoms with van der Waals surface area (Å²) in [7, 11) is -3.88. The number of benzene rings is 3. The van der Waals surface area contributed by atoms with Crippen LogP contribution in [0.5, 0.6) is 0 Å². The highest BCUT2D eigenvalue weighted by Crippen LogP contribution is 2.41. The van der Waals surface area contributed by atoms with Crippen molar-refractivity contribution in [3.63, 3.8) is 0 Å². The third kappa shape index (κ3) is 3.75. The maximum absolute atomic E-state index is 13.5. The Morgan fingerprint density at radius 1 is 1.00 bits per heavy atom. The summed E-state index contributed by atoms with van der Waals surface area (Å²) in [5.74, 6) is -0.174. The molecule has 0 aliphatic carbocycles. The Morgan fingerprint density at radius 2 is 1.73 bits per heavy atom. The molecule has 0 saturated carbocycles. The molecule has 2 heterocycles. The molecule has 7 nitrogen and oxygen atoms in total. The van der Waals surface area contributed by atoms with E-state index < -0.39 is 21.2 Å². The van der Waals surface area contributed by atoms with Gasteiger partial charge in [0.05, 0.1) is 11.4 Å². The number of sulfone groups is 1. The molecule has 33 heavy (non-hydrogen) atoms. The van der Waals surface area contributed by atoms with Crippen LogP contribution in [0.4, 0.5) is 10.5 Å². The summed E-state index contributed by atoms with van der Waals surface area (Å²) in [5, 5.41) is 4.48. The van der Waals surface area contributed by atoms with Crippen LogP contribution in [-0.4, -0.2) is 38.8 Å². The summed E-state index contributed by atoms with van der Waals surface area (Å²) in [5.41, 5.74) is 3.29. The highest BCUT2D eigenvalue weighted by atomic mass is 35.5. The number of hydrogen-bond donors (Lipinski definition) is 2. The van der Waals surface area contributed by atoms with Crippen LogP contribution < -0.4 is 15.5 Å². The lowest BCUT2D eigenvalue weighted by atomic mass is 9.97. The van der Waals surface area contributed by atoms with E-state index in [-0.39, 0.29) is 17.3 Å². The van der Waals surface area contributed by atoms with Crippen LogP contribution in [0.25, 0.3) is 11.1 Å². The largest absolute Gasteiger partial charge is 0.335 e. The van der Waals surface area contributed by atoms with Gasteiger partial charge >= 0.3 is 6.03 Å². The van der Waals surface area contributed by atoms with E-state index in [1.54, 1.807) is 35.2 Å². The Morgan fingerprint density at radius 3 is 2.39 bits per heavy atom. The van der Waals surface area contributed by atoms with Crippen molar-refractivity contribution in [2.24, 2.45) is 0 Å². The number of urea groups is 1. The fourth-order valence-corrected chi connectivity index (χ4v) is 6.14. The molecule has 3 aromatic rings. The highest BCUT2D eigenvalue weighted by molar-refractivity contribution is 7.92. The van der Waals surface area contributed by atoms with Crippen molar-refractivity contribution in [3.8, 4) is 11.1 Å². The predicted molar refractivity (Wildman–Crippen MR) is 126 cm³/mol. The summed E-state index contributed by atoms with van der Waals surface area (Å²) >= 11 is 5.96. The molecular formula is C24H20ClN3O4S. The summed E-state index contributed by atoms with van der Waals surface area (Å²) < 4.78 is 27.0. The molecule has 1 atom stereocenters. The summed E-state index contributed by atoms with van der Waals surface area (Å²) in [6.45, 7) is 0.426. The minimum Gasteiger partial charge on any atom is -0.335 e. The zero-order chi connectivity index (χ0) is 23.2. The second-order valence-corrected chi connectivity index (χ2v) is 10.4. The van der Waals surface area contributed by atoms with Gasteiger partial charge in [-0.1, -0.05) is 41.9 Å². The average Bonchev–Trinajstić information content (AvgIpc) is 3.46. The molecule has 9 heteroatoms. The molecular weight excluding hydrogens is 462 g/mol. The van der Waals surface area contributed by atoms with Gasteiger partial charge < -0.3 is 15.5 Å². The number of carbonyl (C=O) groups is 2. The number of nitrogens with zero attached hydrogens (tertiary/aromatic N) is 1. The van der Waals surface area contributed by atoms with Gasteiger partial charge in [0.25, 0.3) is 5.91 Å². The monoisotopic (exact) mass is 481 g/mol. The number of carbonyl (C=O) groups excluding carboxylic acids is 2. The normalized spacial score (nSPS) is 17.4. The number of nitrogens with one attached hydrogen (secondary N) is 2. The zero-order valence-electron chi connectivity index (χ0n) is 17.4. The van der Waals surface area contributed by atoms with Crippen LogP contribution in [0.3, 0.4) is 0 Å². The van der Waals surface area contributed by atoms with E-state index in [9.17, 15) is 18.0 Å². The number of amides is 3. The molecule has 0 radical (unpaired) electrons. The first-order valence-corrected chi connectivity index (χ1v) is 12.4. The van der Waals surface area contributed by atoms with Crippen LogP contribution in [0.2, 0.25) is 5.02 Å². The third-order valence-corrected chi connectivity index (χ3v) is 8.19. The van der Waals surface area contributed by atoms with Crippen molar-refractivity contribution in [1.29, 1.82) is 0 Å². The van der Waals surface area contributed by atoms with E-state index >= 15 is 0 Å². The van der Waals surface area contributed by atoms with Gasteiger partial charge in [-0.3, -0.25) is 4.79 Å². The highest BCUT2D eigenvalue weighted by Gasteiger charge is 2.38. The van der Waals surface area contributed by atoms with Gasteiger partial charge in [0.1, 0.15) is 0 Å². The average molecular weight is 482 g/mol. The van der Waals surface area contributed by atoms with Gasteiger partial charge in [0.2, 0.25) is 9.84 Å². The lowest BCUT2D eigenvalue weighted by Gasteiger charge is -2.21. The van der Waals surface area contributed by atoms with Crippen LogP contribution in [-0.2, 0) is 16.3 Å². The van der Waals surface area contributed by atoms with Gasteiger partial charge in [-0.05, 0) is 53.9 Å². The van der Waals surface area contributed by atoms with Crippen molar-refractivity contribution >= 4 is 39.1 Å². The van der Waals surface area contributed by atoms with Crippen molar-refractivity contribution in [1.82, 2.24) is 10.6 Å². The lowest BCUT2D eigenvalue weighted by Crippen LogP contribution is -2.35. The third-order valence-electron chi connectivity index (χ3n) is 5.95. The predicted octanol–water partition coefficient (Wildman–Crippen LogP) is 3.62. The lowest BCUT2D eigenvalue weighted by molar-refractivity contribution is 0.0989.